The Morgan fingerprint density at radius 1 is 1.37 bits per heavy atom. The molecule has 5 nitrogen and oxygen atoms in total. The van der Waals surface area contributed by atoms with Gasteiger partial charge < -0.3 is 20.1 Å². The molecule has 0 aromatic heterocycles. The molecule has 1 amide bonds. The van der Waals surface area contributed by atoms with Gasteiger partial charge in [-0.3, -0.25) is 0 Å². The Balaban J connectivity index is 2.00. The van der Waals surface area contributed by atoms with Crippen molar-refractivity contribution in [2.75, 3.05) is 19.7 Å². The van der Waals surface area contributed by atoms with Crippen molar-refractivity contribution in [1.82, 2.24) is 10.6 Å². The third kappa shape index (κ3) is 3.83. The number of alkyl carbamates (subject to hydrolysis) is 1. The predicted octanol–water partition coefficient (Wildman–Crippen LogP) is 1.81. The average molecular weight is 270 g/mol. The molecule has 2 fully saturated rings. The fourth-order valence-electron chi connectivity index (χ4n) is 2.96. The Morgan fingerprint density at radius 3 is 2.58 bits per heavy atom. The Kier molecular flexibility index (Phi) is 4.36. The Bertz CT molecular complexity index is 313. The van der Waals surface area contributed by atoms with Crippen molar-refractivity contribution in [3.63, 3.8) is 0 Å². The standard InChI is InChI=1S/C14H26N2O3/c1-13(2,3)19-12(17)16-14(6-4-5-7-14)11-10-15-8-9-18-11/h11,15H,4-10H2,1-3H3,(H,16,17). The minimum atomic E-state index is -0.463. The van der Waals surface area contributed by atoms with Gasteiger partial charge in [0.15, 0.2) is 0 Å². The molecule has 1 atom stereocenters. The molecule has 2 N–H and O–H groups in total. The minimum Gasteiger partial charge on any atom is -0.444 e. The first-order valence-corrected chi connectivity index (χ1v) is 7.25. The van der Waals surface area contributed by atoms with Crippen LogP contribution in [-0.2, 0) is 9.47 Å². The molecule has 0 spiro atoms. The van der Waals surface area contributed by atoms with E-state index in [4.69, 9.17) is 9.47 Å². The maximum Gasteiger partial charge on any atom is 0.408 e. The fourth-order valence-corrected chi connectivity index (χ4v) is 2.96. The zero-order chi connectivity index (χ0) is 13.9. The van der Waals surface area contributed by atoms with Crippen molar-refractivity contribution in [2.24, 2.45) is 0 Å². The van der Waals surface area contributed by atoms with Crippen molar-refractivity contribution in [1.29, 1.82) is 0 Å². The molecule has 2 rings (SSSR count). The van der Waals surface area contributed by atoms with Gasteiger partial charge in [-0.25, -0.2) is 4.79 Å². The molecule has 1 saturated carbocycles. The van der Waals surface area contributed by atoms with Crippen LogP contribution < -0.4 is 10.6 Å². The van der Waals surface area contributed by atoms with Gasteiger partial charge in [-0.05, 0) is 33.6 Å². The van der Waals surface area contributed by atoms with Gasteiger partial charge in [0.1, 0.15) is 5.60 Å². The summed E-state index contributed by atoms with van der Waals surface area (Å²) < 4.78 is 11.3. The van der Waals surface area contributed by atoms with Crippen molar-refractivity contribution >= 4 is 6.09 Å². The highest BCUT2D eigenvalue weighted by Gasteiger charge is 2.44. The Morgan fingerprint density at radius 2 is 2.05 bits per heavy atom. The third-order valence-corrected chi connectivity index (χ3v) is 3.79. The summed E-state index contributed by atoms with van der Waals surface area (Å²) in [5.74, 6) is 0. The molecule has 1 aliphatic heterocycles. The number of amides is 1. The first-order valence-electron chi connectivity index (χ1n) is 7.25. The maximum absolute atomic E-state index is 12.1. The van der Waals surface area contributed by atoms with Crippen LogP contribution in [-0.4, -0.2) is 43.0 Å². The summed E-state index contributed by atoms with van der Waals surface area (Å²) in [6, 6.07) is 0. The predicted molar refractivity (Wildman–Crippen MR) is 73.2 cm³/mol. The SMILES string of the molecule is CC(C)(C)OC(=O)NC1(C2CNCCO2)CCCC1. The summed E-state index contributed by atoms with van der Waals surface area (Å²) in [6.45, 7) is 8.04. The van der Waals surface area contributed by atoms with E-state index in [1.54, 1.807) is 0 Å². The van der Waals surface area contributed by atoms with E-state index in [9.17, 15) is 4.79 Å². The van der Waals surface area contributed by atoms with Crippen LogP contribution in [0.5, 0.6) is 0 Å². The summed E-state index contributed by atoms with van der Waals surface area (Å²) in [5, 5.41) is 6.43. The number of hydrogen-bond acceptors (Lipinski definition) is 4. The van der Waals surface area contributed by atoms with E-state index in [1.807, 2.05) is 20.8 Å². The van der Waals surface area contributed by atoms with Gasteiger partial charge in [0, 0.05) is 13.1 Å². The molecule has 1 unspecified atom stereocenters. The van der Waals surface area contributed by atoms with Crippen LogP contribution >= 0.6 is 0 Å². The quantitative estimate of drug-likeness (QED) is 0.803. The van der Waals surface area contributed by atoms with Crippen LogP contribution in [0.4, 0.5) is 4.79 Å². The number of ether oxygens (including phenoxy) is 2. The van der Waals surface area contributed by atoms with Gasteiger partial charge in [0.2, 0.25) is 0 Å². The molecule has 110 valence electrons. The number of nitrogens with one attached hydrogen (secondary N) is 2. The lowest BCUT2D eigenvalue weighted by Gasteiger charge is -2.40. The number of morpholine rings is 1. The molecule has 1 saturated heterocycles. The Labute approximate surface area is 115 Å². The summed E-state index contributed by atoms with van der Waals surface area (Å²) in [4.78, 5) is 12.1. The molecule has 19 heavy (non-hydrogen) atoms. The lowest BCUT2D eigenvalue weighted by Crippen LogP contribution is -2.61. The number of carbonyl (C=O) groups excluding carboxylic acids is 1. The van der Waals surface area contributed by atoms with Crippen molar-refractivity contribution in [2.45, 2.75) is 63.7 Å². The monoisotopic (exact) mass is 270 g/mol. The van der Waals surface area contributed by atoms with Crippen LogP contribution in [0, 0.1) is 0 Å². The molecule has 0 radical (unpaired) electrons. The molecule has 1 heterocycles. The lowest BCUT2D eigenvalue weighted by atomic mass is 9.89. The van der Waals surface area contributed by atoms with E-state index in [-0.39, 0.29) is 17.7 Å². The van der Waals surface area contributed by atoms with Crippen molar-refractivity contribution in [3.05, 3.63) is 0 Å². The van der Waals surface area contributed by atoms with Crippen LogP contribution in [0.2, 0.25) is 0 Å². The molecular formula is C14H26N2O3. The largest absolute Gasteiger partial charge is 0.444 e. The van der Waals surface area contributed by atoms with E-state index in [1.165, 1.54) is 0 Å². The fraction of sp³-hybridized carbons (Fsp3) is 0.929. The zero-order valence-corrected chi connectivity index (χ0v) is 12.3. The van der Waals surface area contributed by atoms with Crippen molar-refractivity contribution < 1.29 is 14.3 Å². The molecule has 0 aromatic carbocycles. The second-order valence-corrected chi connectivity index (χ2v) is 6.55. The molecular weight excluding hydrogens is 244 g/mol. The van der Waals surface area contributed by atoms with Crippen LogP contribution in [0.1, 0.15) is 46.5 Å². The summed E-state index contributed by atoms with van der Waals surface area (Å²) >= 11 is 0. The normalized spacial score (nSPS) is 27.0. The van der Waals surface area contributed by atoms with Crippen molar-refractivity contribution in [3.8, 4) is 0 Å². The highest BCUT2D eigenvalue weighted by molar-refractivity contribution is 5.69. The number of hydrogen-bond donors (Lipinski definition) is 2. The van der Waals surface area contributed by atoms with Crippen LogP contribution in [0.3, 0.4) is 0 Å². The van der Waals surface area contributed by atoms with Gasteiger partial charge in [-0.15, -0.1) is 0 Å². The molecule has 0 bridgehead atoms. The van der Waals surface area contributed by atoms with E-state index in [0.29, 0.717) is 6.61 Å². The van der Waals surface area contributed by atoms with E-state index < -0.39 is 5.60 Å². The van der Waals surface area contributed by atoms with Gasteiger partial charge in [-0.2, -0.15) is 0 Å². The average Bonchev–Trinajstić information content (AvgIpc) is 2.77. The van der Waals surface area contributed by atoms with E-state index >= 15 is 0 Å². The summed E-state index contributed by atoms with van der Waals surface area (Å²) in [5.41, 5.74) is -0.717. The molecule has 2 aliphatic rings. The molecule has 5 heteroatoms. The Hall–Kier alpha value is -0.810. The maximum atomic E-state index is 12.1. The van der Waals surface area contributed by atoms with Gasteiger partial charge in [0.05, 0.1) is 18.2 Å². The van der Waals surface area contributed by atoms with Gasteiger partial charge in [-0.1, -0.05) is 12.8 Å². The van der Waals surface area contributed by atoms with E-state index in [2.05, 4.69) is 10.6 Å². The third-order valence-electron chi connectivity index (χ3n) is 3.79. The second kappa shape index (κ2) is 5.67. The number of rotatable bonds is 2. The zero-order valence-electron chi connectivity index (χ0n) is 12.3. The van der Waals surface area contributed by atoms with Crippen LogP contribution in [0.25, 0.3) is 0 Å². The van der Waals surface area contributed by atoms with Gasteiger partial charge in [0.25, 0.3) is 0 Å². The first kappa shape index (κ1) is 14.6. The second-order valence-electron chi connectivity index (χ2n) is 6.55. The first-order chi connectivity index (χ1) is 8.91. The number of carbonyl (C=O) groups is 1. The molecule has 1 aliphatic carbocycles. The lowest BCUT2D eigenvalue weighted by molar-refractivity contribution is -0.0367. The summed E-state index contributed by atoms with van der Waals surface area (Å²) in [6.07, 6.45) is 3.93. The minimum absolute atomic E-state index is 0.0521. The topological polar surface area (TPSA) is 59.6 Å². The highest BCUT2D eigenvalue weighted by Crippen LogP contribution is 2.34. The molecule has 0 aromatic rings. The van der Waals surface area contributed by atoms with Gasteiger partial charge >= 0.3 is 6.09 Å². The smallest absolute Gasteiger partial charge is 0.408 e. The van der Waals surface area contributed by atoms with E-state index in [0.717, 1.165) is 38.8 Å². The highest BCUT2D eigenvalue weighted by atomic mass is 16.6. The van der Waals surface area contributed by atoms with Crippen LogP contribution in [0.15, 0.2) is 0 Å². The summed E-state index contributed by atoms with van der Waals surface area (Å²) in [7, 11) is 0.